The number of hydrogen-bond acceptors (Lipinski definition) is 2. The van der Waals surface area contributed by atoms with Crippen molar-refractivity contribution < 1.29 is 4.74 Å². The van der Waals surface area contributed by atoms with E-state index >= 15 is 0 Å². The van der Waals surface area contributed by atoms with Gasteiger partial charge in [-0.2, -0.15) is 0 Å². The predicted octanol–water partition coefficient (Wildman–Crippen LogP) is 4.05. The first kappa shape index (κ1) is 13.6. The molecule has 3 atom stereocenters. The molecular weight excluding hydrogens is 258 g/mol. The van der Waals surface area contributed by atoms with Crippen molar-refractivity contribution in [3.05, 3.63) is 29.3 Å². The van der Waals surface area contributed by atoms with Gasteiger partial charge in [0, 0.05) is 17.0 Å². The maximum absolute atomic E-state index is 5.84. The minimum Gasteiger partial charge on any atom is -0.492 e. The molecule has 1 heterocycles. The normalized spacial score (nSPS) is 33.2. The summed E-state index contributed by atoms with van der Waals surface area (Å²) >= 11 is 0. The molecule has 2 aliphatic carbocycles. The second kappa shape index (κ2) is 4.74. The lowest BCUT2D eigenvalue weighted by atomic mass is 9.83. The first-order valence-corrected chi connectivity index (χ1v) is 8.59. The van der Waals surface area contributed by atoms with Crippen LogP contribution in [0.1, 0.15) is 57.2 Å². The molecule has 2 saturated carbocycles. The van der Waals surface area contributed by atoms with Gasteiger partial charge in [0.25, 0.3) is 0 Å². The smallest absolute Gasteiger partial charge is 0.123 e. The number of benzene rings is 1. The van der Waals surface area contributed by atoms with Crippen molar-refractivity contribution in [2.45, 2.75) is 51.5 Å². The van der Waals surface area contributed by atoms with Gasteiger partial charge in [-0.25, -0.2) is 0 Å². The van der Waals surface area contributed by atoms with Gasteiger partial charge >= 0.3 is 0 Å². The zero-order valence-corrected chi connectivity index (χ0v) is 13.5. The lowest BCUT2D eigenvalue weighted by Crippen LogP contribution is -2.28. The molecule has 0 spiro atoms. The maximum Gasteiger partial charge on any atom is 0.123 e. The highest BCUT2D eigenvalue weighted by atomic mass is 16.5. The first-order chi connectivity index (χ1) is 10.1. The van der Waals surface area contributed by atoms with Crippen LogP contribution in [0.4, 0.5) is 0 Å². The topological polar surface area (TPSA) is 21.3 Å². The Hall–Kier alpha value is -1.02. The summed E-state index contributed by atoms with van der Waals surface area (Å²) in [5.74, 6) is 4.01. The van der Waals surface area contributed by atoms with E-state index in [0.29, 0.717) is 6.04 Å². The highest BCUT2D eigenvalue weighted by molar-refractivity contribution is 5.46. The molecule has 1 aromatic carbocycles. The SMILES string of the molecule is CCNC(c1ccc2c(c1)C(C)(C)CO2)C1CC2CC2C1. The minimum absolute atomic E-state index is 0.153. The molecule has 0 aromatic heterocycles. The largest absolute Gasteiger partial charge is 0.492 e. The third-order valence-electron chi connectivity index (χ3n) is 5.86. The van der Waals surface area contributed by atoms with Crippen LogP contribution in [-0.4, -0.2) is 13.2 Å². The third kappa shape index (κ3) is 2.28. The Kier molecular flexibility index (Phi) is 3.08. The summed E-state index contributed by atoms with van der Waals surface area (Å²) in [5, 5.41) is 3.76. The van der Waals surface area contributed by atoms with Crippen LogP contribution in [-0.2, 0) is 5.41 Å². The fourth-order valence-corrected chi connectivity index (χ4v) is 4.54. The summed E-state index contributed by atoms with van der Waals surface area (Å²) in [6.45, 7) is 8.66. The lowest BCUT2D eigenvalue weighted by Gasteiger charge is -2.27. The van der Waals surface area contributed by atoms with Gasteiger partial charge in [-0.3, -0.25) is 0 Å². The van der Waals surface area contributed by atoms with Crippen molar-refractivity contribution in [2.24, 2.45) is 17.8 Å². The monoisotopic (exact) mass is 285 g/mol. The summed E-state index contributed by atoms with van der Waals surface area (Å²) in [5.41, 5.74) is 3.02. The molecule has 2 nitrogen and oxygen atoms in total. The molecule has 21 heavy (non-hydrogen) atoms. The van der Waals surface area contributed by atoms with E-state index in [4.69, 9.17) is 4.74 Å². The molecule has 114 valence electrons. The van der Waals surface area contributed by atoms with E-state index in [-0.39, 0.29) is 5.41 Å². The van der Waals surface area contributed by atoms with E-state index in [2.05, 4.69) is 44.3 Å². The van der Waals surface area contributed by atoms with Crippen LogP contribution in [0.3, 0.4) is 0 Å². The van der Waals surface area contributed by atoms with E-state index < -0.39 is 0 Å². The van der Waals surface area contributed by atoms with E-state index in [1.165, 1.54) is 30.4 Å². The molecule has 4 rings (SSSR count). The van der Waals surface area contributed by atoms with Gasteiger partial charge in [-0.1, -0.05) is 26.8 Å². The van der Waals surface area contributed by atoms with E-state index in [1.807, 2.05) is 0 Å². The van der Waals surface area contributed by atoms with Crippen LogP contribution >= 0.6 is 0 Å². The lowest BCUT2D eigenvalue weighted by molar-refractivity contribution is 0.291. The summed E-state index contributed by atoms with van der Waals surface area (Å²) in [6.07, 6.45) is 4.36. The average Bonchev–Trinajstić information content (AvgIpc) is 2.95. The number of nitrogens with one attached hydrogen (secondary N) is 1. The van der Waals surface area contributed by atoms with Gasteiger partial charge in [-0.05, 0) is 61.3 Å². The third-order valence-corrected chi connectivity index (χ3v) is 5.86. The highest BCUT2D eigenvalue weighted by Crippen LogP contribution is 2.57. The molecule has 0 bridgehead atoms. The van der Waals surface area contributed by atoms with E-state index in [0.717, 1.165) is 36.7 Å². The summed E-state index contributed by atoms with van der Waals surface area (Å²) in [6, 6.07) is 7.43. The first-order valence-electron chi connectivity index (χ1n) is 8.59. The molecule has 1 aliphatic heterocycles. The fourth-order valence-electron chi connectivity index (χ4n) is 4.54. The Balaban J connectivity index is 1.63. The number of hydrogen-bond donors (Lipinski definition) is 1. The molecule has 3 unspecified atom stereocenters. The van der Waals surface area contributed by atoms with Gasteiger partial charge in [0.05, 0.1) is 6.61 Å². The van der Waals surface area contributed by atoms with Crippen molar-refractivity contribution >= 4 is 0 Å². The zero-order chi connectivity index (χ0) is 14.6. The van der Waals surface area contributed by atoms with Crippen molar-refractivity contribution in [2.75, 3.05) is 13.2 Å². The number of fused-ring (bicyclic) bond motifs is 2. The Bertz CT molecular complexity index is 540. The Morgan fingerprint density at radius 3 is 2.71 bits per heavy atom. The van der Waals surface area contributed by atoms with Crippen LogP contribution in [0, 0.1) is 17.8 Å². The van der Waals surface area contributed by atoms with Gasteiger partial charge < -0.3 is 10.1 Å². The second-order valence-electron chi connectivity index (χ2n) is 7.95. The van der Waals surface area contributed by atoms with Crippen molar-refractivity contribution in [3.63, 3.8) is 0 Å². The number of ether oxygens (including phenoxy) is 1. The van der Waals surface area contributed by atoms with Gasteiger partial charge in [-0.15, -0.1) is 0 Å². The molecule has 2 fully saturated rings. The van der Waals surface area contributed by atoms with Gasteiger partial charge in [0.2, 0.25) is 0 Å². The molecule has 1 N–H and O–H groups in total. The quantitative estimate of drug-likeness (QED) is 0.901. The molecule has 0 radical (unpaired) electrons. The zero-order valence-electron chi connectivity index (χ0n) is 13.5. The van der Waals surface area contributed by atoms with Crippen LogP contribution in [0.25, 0.3) is 0 Å². The van der Waals surface area contributed by atoms with Crippen molar-refractivity contribution in [1.29, 1.82) is 0 Å². The predicted molar refractivity (Wildman–Crippen MR) is 85.7 cm³/mol. The molecule has 3 aliphatic rings. The molecule has 0 amide bonds. The molecule has 0 saturated heterocycles. The summed E-state index contributed by atoms with van der Waals surface area (Å²) in [7, 11) is 0. The van der Waals surface area contributed by atoms with Crippen molar-refractivity contribution in [1.82, 2.24) is 5.32 Å². The maximum atomic E-state index is 5.84. The van der Waals surface area contributed by atoms with Crippen LogP contribution in [0.15, 0.2) is 18.2 Å². The van der Waals surface area contributed by atoms with Crippen molar-refractivity contribution in [3.8, 4) is 5.75 Å². The standard InChI is InChI=1S/C19H27NO/c1-4-20-18(15-8-13-7-14(13)9-15)12-5-6-17-16(10-12)19(2,3)11-21-17/h5-6,10,13-15,18,20H,4,7-9,11H2,1-3H3. The highest BCUT2D eigenvalue weighted by Gasteiger charge is 2.48. The van der Waals surface area contributed by atoms with Gasteiger partial charge in [0.1, 0.15) is 5.75 Å². The van der Waals surface area contributed by atoms with Crippen LogP contribution in [0.2, 0.25) is 0 Å². The van der Waals surface area contributed by atoms with E-state index in [1.54, 1.807) is 0 Å². The average molecular weight is 285 g/mol. The fraction of sp³-hybridized carbons (Fsp3) is 0.684. The Morgan fingerprint density at radius 2 is 2.00 bits per heavy atom. The Labute approximate surface area is 128 Å². The molecule has 1 aromatic rings. The number of rotatable bonds is 4. The minimum atomic E-state index is 0.153. The van der Waals surface area contributed by atoms with Crippen LogP contribution < -0.4 is 10.1 Å². The van der Waals surface area contributed by atoms with Gasteiger partial charge in [0.15, 0.2) is 0 Å². The van der Waals surface area contributed by atoms with Crippen LogP contribution in [0.5, 0.6) is 5.75 Å². The molecular formula is C19H27NO. The second-order valence-corrected chi connectivity index (χ2v) is 7.95. The summed E-state index contributed by atoms with van der Waals surface area (Å²) in [4.78, 5) is 0. The Morgan fingerprint density at radius 1 is 1.24 bits per heavy atom. The molecule has 2 heteroatoms. The van der Waals surface area contributed by atoms with E-state index in [9.17, 15) is 0 Å². The summed E-state index contributed by atoms with van der Waals surface area (Å²) < 4.78 is 5.84.